The van der Waals surface area contributed by atoms with Gasteiger partial charge in [0.25, 0.3) is 5.89 Å². The minimum absolute atomic E-state index is 0.511. The summed E-state index contributed by atoms with van der Waals surface area (Å²) < 4.78 is 5.28. The molecule has 0 aliphatic rings. The van der Waals surface area contributed by atoms with Crippen LogP contribution in [0.4, 0.5) is 0 Å². The summed E-state index contributed by atoms with van der Waals surface area (Å²) in [5, 5.41) is 12.1. The van der Waals surface area contributed by atoms with Gasteiger partial charge in [-0.1, -0.05) is 12.1 Å². The van der Waals surface area contributed by atoms with Crippen LogP contribution in [0.15, 0.2) is 10.6 Å². The molecule has 2 aromatic heterocycles. The second-order valence-corrected chi connectivity index (χ2v) is 4.11. The van der Waals surface area contributed by atoms with Crippen LogP contribution in [0.3, 0.4) is 0 Å². The lowest BCUT2D eigenvalue weighted by Gasteiger charge is -2.01. The van der Waals surface area contributed by atoms with Crippen LogP contribution in [0, 0.1) is 6.92 Å². The lowest BCUT2D eigenvalue weighted by atomic mass is 10.1. The van der Waals surface area contributed by atoms with E-state index >= 15 is 0 Å². The van der Waals surface area contributed by atoms with E-state index < -0.39 is 0 Å². The van der Waals surface area contributed by atoms with E-state index in [-0.39, 0.29) is 0 Å². The van der Waals surface area contributed by atoms with Gasteiger partial charge in [-0.3, -0.25) is 0 Å². The molecule has 0 saturated carbocycles. The fraction of sp³-hybridized carbons (Fsp3) is 0.500. The van der Waals surface area contributed by atoms with Crippen molar-refractivity contribution in [2.45, 2.75) is 33.1 Å². The van der Waals surface area contributed by atoms with Crippen molar-refractivity contribution < 1.29 is 4.52 Å². The molecule has 2 aromatic rings. The highest BCUT2D eigenvalue weighted by atomic mass is 16.5. The van der Waals surface area contributed by atoms with E-state index in [1.54, 1.807) is 0 Å². The van der Waals surface area contributed by atoms with Crippen LogP contribution in [0.2, 0.25) is 0 Å². The van der Waals surface area contributed by atoms with Gasteiger partial charge < -0.3 is 10.3 Å². The van der Waals surface area contributed by atoms with Gasteiger partial charge in [-0.2, -0.15) is 15.2 Å². The van der Waals surface area contributed by atoms with Gasteiger partial charge >= 0.3 is 0 Å². The second-order valence-electron chi connectivity index (χ2n) is 4.11. The zero-order valence-electron chi connectivity index (χ0n) is 10.7. The monoisotopic (exact) mass is 247 g/mol. The molecule has 2 N–H and O–H groups in total. The first kappa shape index (κ1) is 12.6. The third-order valence-corrected chi connectivity index (χ3v) is 2.63. The first-order chi connectivity index (χ1) is 8.74. The van der Waals surface area contributed by atoms with Crippen LogP contribution < -0.4 is 5.73 Å². The van der Waals surface area contributed by atoms with Crippen molar-refractivity contribution in [2.24, 2.45) is 5.73 Å². The molecule has 0 aromatic carbocycles. The van der Waals surface area contributed by atoms with E-state index in [1.807, 2.05) is 19.9 Å². The largest absolute Gasteiger partial charge is 0.334 e. The molecule has 0 amide bonds. The van der Waals surface area contributed by atoms with Crippen LogP contribution in [-0.4, -0.2) is 26.9 Å². The van der Waals surface area contributed by atoms with E-state index in [1.165, 1.54) is 0 Å². The summed E-state index contributed by atoms with van der Waals surface area (Å²) >= 11 is 0. The summed E-state index contributed by atoms with van der Waals surface area (Å²) in [4.78, 5) is 4.37. The van der Waals surface area contributed by atoms with E-state index in [2.05, 4.69) is 20.3 Å². The van der Waals surface area contributed by atoms with Gasteiger partial charge in [0.2, 0.25) is 0 Å². The summed E-state index contributed by atoms with van der Waals surface area (Å²) in [6.07, 6.45) is 2.37. The summed E-state index contributed by atoms with van der Waals surface area (Å²) in [6, 6.07) is 1.92. The van der Waals surface area contributed by atoms with Gasteiger partial charge in [-0.15, -0.1) is 0 Å². The summed E-state index contributed by atoms with van der Waals surface area (Å²) in [6.45, 7) is 4.54. The van der Waals surface area contributed by atoms with Crippen LogP contribution in [0.25, 0.3) is 11.5 Å². The maximum Gasteiger partial charge on any atom is 0.259 e. The number of aryl methyl sites for hydroxylation is 3. The molecule has 2 heterocycles. The van der Waals surface area contributed by atoms with Gasteiger partial charge in [-0.05, 0) is 32.4 Å². The van der Waals surface area contributed by atoms with Crippen molar-refractivity contribution in [3.8, 4) is 11.5 Å². The van der Waals surface area contributed by atoms with Gasteiger partial charge in [-0.25, -0.2) is 0 Å². The van der Waals surface area contributed by atoms with Crippen LogP contribution in [0.5, 0.6) is 0 Å². The lowest BCUT2D eigenvalue weighted by molar-refractivity contribution is 0.421. The Balaban J connectivity index is 2.30. The predicted molar refractivity (Wildman–Crippen MR) is 66.8 cm³/mol. The van der Waals surface area contributed by atoms with Crippen molar-refractivity contribution in [3.63, 3.8) is 0 Å². The highest BCUT2D eigenvalue weighted by molar-refractivity contribution is 5.56. The number of hydrogen-bond donors (Lipinski definition) is 1. The smallest absolute Gasteiger partial charge is 0.259 e. The molecule has 0 aliphatic heterocycles. The number of aromatic nitrogens is 4. The van der Waals surface area contributed by atoms with Crippen molar-refractivity contribution in [2.75, 3.05) is 6.54 Å². The maximum atomic E-state index is 5.46. The molecule has 96 valence electrons. The fourth-order valence-corrected chi connectivity index (χ4v) is 1.69. The Bertz CT molecular complexity index is 523. The van der Waals surface area contributed by atoms with Gasteiger partial charge in [0.05, 0.1) is 17.0 Å². The molecule has 0 fully saturated rings. The third-order valence-electron chi connectivity index (χ3n) is 2.63. The summed E-state index contributed by atoms with van der Waals surface area (Å²) in [5.41, 5.74) is 8.03. The Morgan fingerprint density at radius 3 is 2.89 bits per heavy atom. The van der Waals surface area contributed by atoms with Crippen molar-refractivity contribution in [3.05, 3.63) is 23.3 Å². The average molecular weight is 247 g/mol. The van der Waals surface area contributed by atoms with E-state index in [4.69, 9.17) is 10.3 Å². The third kappa shape index (κ3) is 2.70. The van der Waals surface area contributed by atoms with Gasteiger partial charge in [0.15, 0.2) is 5.82 Å². The molecular weight excluding hydrogens is 230 g/mol. The van der Waals surface area contributed by atoms with Gasteiger partial charge in [0.1, 0.15) is 0 Å². The Morgan fingerprint density at radius 2 is 2.17 bits per heavy atom. The minimum atomic E-state index is 0.511. The second kappa shape index (κ2) is 5.68. The summed E-state index contributed by atoms with van der Waals surface area (Å²) in [5.74, 6) is 1.20. The van der Waals surface area contributed by atoms with Crippen LogP contribution in [-0.2, 0) is 12.8 Å². The van der Waals surface area contributed by atoms with Crippen LogP contribution in [0.1, 0.15) is 30.6 Å². The Morgan fingerprint density at radius 1 is 1.33 bits per heavy atom. The Labute approximate surface area is 106 Å². The van der Waals surface area contributed by atoms with E-state index in [9.17, 15) is 0 Å². The standard InChI is InChI=1S/C12H17N5O/c1-3-10-9(7-8(2)15-16-10)12-14-11(17-18-12)5-4-6-13/h7H,3-6,13H2,1-2H3. The molecule has 0 aliphatic carbocycles. The molecule has 0 radical (unpaired) electrons. The SMILES string of the molecule is CCc1nnc(C)cc1-c1nc(CCCN)no1. The lowest BCUT2D eigenvalue weighted by Crippen LogP contribution is -2.01. The Kier molecular flexibility index (Phi) is 3.99. The average Bonchev–Trinajstić information content (AvgIpc) is 2.85. The number of nitrogens with zero attached hydrogens (tertiary/aromatic N) is 4. The van der Waals surface area contributed by atoms with Gasteiger partial charge in [0, 0.05) is 6.42 Å². The number of rotatable bonds is 5. The number of hydrogen-bond acceptors (Lipinski definition) is 6. The van der Waals surface area contributed by atoms with Crippen LogP contribution >= 0.6 is 0 Å². The molecule has 6 nitrogen and oxygen atoms in total. The zero-order chi connectivity index (χ0) is 13.0. The minimum Gasteiger partial charge on any atom is -0.334 e. The topological polar surface area (TPSA) is 90.7 Å². The van der Waals surface area contributed by atoms with Crippen molar-refractivity contribution >= 4 is 0 Å². The molecule has 18 heavy (non-hydrogen) atoms. The molecule has 0 unspecified atom stereocenters. The maximum absolute atomic E-state index is 5.46. The molecular formula is C12H17N5O. The molecule has 0 spiro atoms. The molecule has 2 rings (SSSR count). The molecule has 0 bridgehead atoms. The van der Waals surface area contributed by atoms with E-state index in [0.29, 0.717) is 18.3 Å². The molecule has 0 saturated heterocycles. The first-order valence-corrected chi connectivity index (χ1v) is 6.10. The Hall–Kier alpha value is -1.82. The van der Waals surface area contributed by atoms with E-state index in [0.717, 1.165) is 36.2 Å². The predicted octanol–water partition coefficient (Wildman–Crippen LogP) is 1.29. The van der Waals surface area contributed by atoms with Crippen molar-refractivity contribution in [1.82, 2.24) is 20.3 Å². The normalized spacial score (nSPS) is 10.8. The molecule has 6 heteroatoms. The highest BCUT2D eigenvalue weighted by Gasteiger charge is 2.14. The zero-order valence-corrected chi connectivity index (χ0v) is 10.7. The number of nitrogens with two attached hydrogens (primary N) is 1. The summed E-state index contributed by atoms with van der Waals surface area (Å²) in [7, 11) is 0. The highest BCUT2D eigenvalue weighted by Crippen LogP contribution is 2.21. The quantitative estimate of drug-likeness (QED) is 0.856. The first-order valence-electron chi connectivity index (χ1n) is 6.10. The van der Waals surface area contributed by atoms with Crippen molar-refractivity contribution in [1.29, 1.82) is 0 Å². The molecule has 0 atom stereocenters. The fourth-order valence-electron chi connectivity index (χ4n) is 1.69.